The number of hydrogen-bond donors (Lipinski definition) is 1. The molecule has 18 heavy (non-hydrogen) atoms. The van der Waals surface area contributed by atoms with Crippen LogP contribution in [0.15, 0.2) is 18.3 Å². The van der Waals surface area contributed by atoms with Crippen molar-refractivity contribution in [1.29, 1.82) is 0 Å². The number of nitrogens with zero attached hydrogens (tertiary/aromatic N) is 2. The molecular weight excluding hydrogens is 228 g/mol. The van der Waals surface area contributed by atoms with Crippen molar-refractivity contribution in [3.05, 3.63) is 23.9 Å². The number of rotatable bonds is 2. The second-order valence-corrected chi connectivity index (χ2v) is 6.01. The van der Waals surface area contributed by atoms with Crippen molar-refractivity contribution in [2.45, 2.75) is 27.2 Å². The molecule has 98 valence electrons. The Morgan fingerprint density at radius 2 is 2.17 bits per heavy atom. The molecule has 0 aliphatic carbocycles. The first-order chi connectivity index (χ1) is 8.38. The van der Waals surface area contributed by atoms with Gasteiger partial charge in [0, 0.05) is 19.3 Å². The Labute approximate surface area is 108 Å². The standard InChI is InChI=1S/C14H20N2O2/c1-14(2,3)11-6-7-16(9-11)12-5-4-10(8-15-12)13(17)18/h4-5,8,11H,6-7,9H2,1-3H3,(H,17,18). The highest BCUT2D eigenvalue weighted by atomic mass is 16.4. The van der Waals surface area contributed by atoms with Crippen LogP contribution in [0.25, 0.3) is 0 Å². The SMILES string of the molecule is CC(C)(C)C1CCN(c2ccc(C(=O)O)cn2)C1. The first-order valence-corrected chi connectivity index (χ1v) is 6.32. The first kappa shape index (κ1) is 12.9. The molecule has 1 N–H and O–H groups in total. The highest BCUT2D eigenvalue weighted by Crippen LogP contribution is 2.34. The van der Waals surface area contributed by atoms with Crippen molar-refractivity contribution in [3.63, 3.8) is 0 Å². The van der Waals surface area contributed by atoms with Gasteiger partial charge >= 0.3 is 5.97 Å². The lowest BCUT2D eigenvalue weighted by molar-refractivity contribution is 0.0696. The zero-order chi connectivity index (χ0) is 13.3. The molecule has 1 aromatic heterocycles. The lowest BCUT2D eigenvalue weighted by atomic mass is 9.80. The van der Waals surface area contributed by atoms with Gasteiger partial charge in [-0.2, -0.15) is 0 Å². The normalized spacial score (nSPS) is 20.2. The van der Waals surface area contributed by atoms with E-state index in [0.717, 1.165) is 18.9 Å². The molecule has 4 heteroatoms. The van der Waals surface area contributed by atoms with Crippen LogP contribution in [-0.2, 0) is 0 Å². The molecule has 1 atom stereocenters. The highest BCUT2D eigenvalue weighted by molar-refractivity contribution is 5.87. The lowest BCUT2D eigenvalue weighted by Gasteiger charge is -2.27. The molecule has 1 aliphatic rings. The maximum Gasteiger partial charge on any atom is 0.337 e. The predicted octanol–water partition coefficient (Wildman–Crippen LogP) is 2.65. The van der Waals surface area contributed by atoms with E-state index in [4.69, 9.17) is 5.11 Å². The molecular formula is C14H20N2O2. The molecule has 0 bridgehead atoms. The summed E-state index contributed by atoms with van der Waals surface area (Å²) in [7, 11) is 0. The van der Waals surface area contributed by atoms with Gasteiger partial charge in [-0.05, 0) is 29.9 Å². The molecule has 0 radical (unpaired) electrons. The zero-order valence-electron chi connectivity index (χ0n) is 11.2. The van der Waals surface area contributed by atoms with Gasteiger partial charge in [-0.1, -0.05) is 20.8 Å². The van der Waals surface area contributed by atoms with Crippen LogP contribution < -0.4 is 4.90 Å². The maximum absolute atomic E-state index is 10.8. The summed E-state index contributed by atoms with van der Waals surface area (Å²) in [5.74, 6) is 0.619. The molecule has 4 nitrogen and oxygen atoms in total. The van der Waals surface area contributed by atoms with Gasteiger partial charge in [0.1, 0.15) is 5.82 Å². The molecule has 0 saturated carbocycles. The topological polar surface area (TPSA) is 53.4 Å². The minimum Gasteiger partial charge on any atom is -0.478 e. The number of carboxylic acids is 1. The van der Waals surface area contributed by atoms with Crippen LogP contribution in [0.5, 0.6) is 0 Å². The van der Waals surface area contributed by atoms with E-state index < -0.39 is 5.97 Å². The molecule has 1 saturated heterocycles. The van der Waals surface area contributed by atoms with Crippen molar-refractivity contribution in [1.82, 2.24) is 4.98 Å². The van der Waals surface area contributed by atoms with E-state index in [1.807, 2.05) is 0 Å². The number of carboxylic acid groups (broad SMARTS) is 1. The fraction of sp³-hybridized carbons (Fsp3) is 0.571. The van der Waals surface area contributed by atoms with Gasteiger partial charge in [-0.3, -0.25) is 0 Å². The average Bonchev–Trinajstić information content (AvgIpc) is 2.78. The van der Waals surface area contributed by atoms with Crippen molar-refractivity contribution in [3.8, 4) is 0 Å². The van der Waals surface area contributed by atoms with Crippen LogP contribution in [0.2, 0.25) is 0 Å². The Kier molecular flexibility index (Phi) is 3.28. The fourth-order valence-electron chi connectivity index (χ4n) is 2.37. The van der Waals surface area contributed by atoms with Crippen LogP contribution in [0, 0.1) is 11.3 Å². The van der Waals surface area contributed by atoms with E-state index in [-0.39, 0.29) is 5.56 Å². The van der Waals surface area contributed by atoms with Crippen molar-refractivity contribution in [2.75, 3.05) is 18.0 Å². The largest absolute Gasteiger partial charge is 0.478 e. The van der Waals surface area contributed by atoms with Crippen LogP contribution in [0.4, 0.5) is 5.82 Å². The Morgan fingerprint density at radius 3 is 2.61 bits per heavy atom. The van der Waals surface area contributed by atoms with Gasteiger partial charge in [-0.25, -0.2) is 9.78 Å². The molecule has 1 aromatic rings. The van der Waals surface area contributed by atoms with Gasteiger partial charge in [0.25, 0.3) is 0 Å². The van der Waals surface area contributed by atoms with E-state index in [1.54, 1.807) is 12.1 Å². The second-order valence-electron chi connectivity index (χ2n) is 6.01. The highest BCUT2D eigenvalue weighted by Gasteiger charge is 2.32. The molecule has 0 amide bonds. The maximum atomic E-state index is 10.8. The molecule has 0 aromatic carbocycles. The van der Waals surface area contributed by atoms with E-state index >= 15 is 0 Å². The summed E-state index contributed by atoms with van der Waals surface area (Å²) in [5, 5.41) is 8.84. The minimum atomic E-state index is -0.928. The third kappa shape index (κ3) is 2.63. The van der Waals surface area contributed by atoms with Crippen LogP contribution in [0.3, 0.4) is 0 Å². The molecule has 1 aliphatic heterocycles. The number of anilines is 1. The molecule has 1 fully saturated rings. The smallest absolute Gasteiger partial charge is 0.337 e. The molecule has 0 spiro atoms. The predicted molar refractivity (Wildman–Crippen MR) is 71.0 cm³/mol. The Morgan fingerprint density at radius 1 is 1.44 bits per heavy atom. The fourth-order valence-corrected chi connectivity index (χ4v) is 2.37. The van der Waals surface area contributed by atoms with Gasteiger partial charge < -0.3 is 10.0 Å². The van der Waals surface area contributed by atoms with E-state index in [1.165, 1.54) is 12.6 Å². The van der Waals surface area contributed by atoms with Gasteiger partial charge in [0.05, 0.1) is 5.56 Å². The van der Waals surface area contributed by atoms with Crippen molar-refractivity contribution in [2.24, 2.45) is 11.3 Å². The summed E-state index contributed by atoms with van der Waals surface area (Å²) in [4.78, 5) is 17.2. The monoisotopic (exact) mass is 248 g/mol. The summed E-state index contributed by atoms with van der Waals surface area (Å²) < 4.78 is 0. The third-order valence-corrected chi connectivity index (χ3v) is 3.73. The van der Waals surface area contributed by atoms with E-state index in [2.05, 4.69) is 30.7 Å². The minimum absolute atomic E-state index is 0.241. The summed E-state index contributed by atoms with van der Waals surface area (Å²) in [6.07, 6.45) is 2.61. The summed E-state index contributed by atoms with van der Waals surface area (Å²) >= 11 is 0. The molecule has 1 unspecified atom stereocenters. The lowest BCUT2D eigenvalue weighted by Crippen LogP contribution is -2.26. The van der Waals surface area contributed by atoms with Gasteiger partial charge in [0.2, 0.25) is 0 Å². The zero-order valence-corrected chi connectivity index (χ0v) is 11.2. The van der Waals surface area contributed by atoms with Crippen LogP contribution in [-0.4, -0.2) is 29.1 Å². The van der Waals surface area contributed by atoms with Gasteiger partial charge in [0.15, 0.2) is 0 Å². The molecule has 2 heterocycles. The third-order valence-electron chi connectivity index (χ3n) is 3.73. The number of pyridine rings is 1. The van der Waals surface area contributed by atoms with Crippen molar-refractivity contribution >= 4 is 11.8 Å². The molecule has 2 rings (SSSR count). The quantitative estimate of drug-likeness (QED) is 0.874. The van der Waals surface area contributed by atoms with Crippen molar-refractivity contribution < 1.29 is 9.90 Å². The Balaban J connectivity index is 2.08. The van der Waals surface area contributed by atoms with Crippen LogP contribution >= 0.6 is 0 Å². The number of carbonyl (C=O) groups is 1. The van der Waals surface area contributed by atoms with E-state index in [0.29, 0.717) is 11.3 Å². The number of aromatic nitrogens is 1. The number of aromatic carboxylic acids is 1. The Hall–Kier alpha value is -1.58. The number of hydrogen-bond acceptors (Lipinski definition) is 3. The second kappa shape index (κ2) is 4.59. The Bertz CT molecular complexity index is 434. The summed E-state index contributed by atoms with van der Waals surface area (Å²) in [5.41, 5.74) is 0.556. The van der Waals surface area contributed by atoms with Crippen LogP contribution in [0.1, 0.15) is 37.6 Å². The summed E-state index contributed by atoms with van der Waals surface area (Å²) in [6.45, 7) is 8.80. The van der Waals surface area contributed by atoms with E-state index in [9.17, 15) is 4.79 Å². The summed E-state index contributed by atoms with van der Waals surface area (Å²) in [6, 6.07) is 3.42. The van der Waals surface area contributed by atoms with Gasteiger partial charge in [-0.15, -0.1) is 0 Å². The first-order valence-electron chi connectivity index (χ1n) is 6.32. The average molecular weight is 248 g/mol.